The molecule has 70 valence electrons. The summed E-state index contributed by atoms with van der Waals surface area (Å²) in [5.41, 5.74) is 0. The van der Waals surface area contributed by atoms with E-state index in [1.165, 1.54) is 31.6 Å². The van der Waals surface area contributed by atoms with E-state index in [4.69, 9.17) is 0 Å². The lowest BCUT2D eigenvalue weighted by Crippen LogP contribution is -2.28. The Bertz CT molecular complexity index is 121. The molecule has 0 aromatic rings. The molecule has 1 nitrogen and oxygen atoms in total. The van der Waals surface area contributed by atoms with Crippen molar-refractivity contribution in [2.75, 3.05) is 24.6 Å². The second kappa shape index (κ2) is 6.55. The average molecular weight is 185 g/mol. The van der Waals surface area contributed by atoms with Crippen LogP contribution in [0.25, 0.3) is 0 Å². The Morgan fingerprint density at radius 1 is 1.50 bits per heavy atom. The Morgan fingerprint density at radius 2 is 2.33 bits per heavy atom. The smallest absolute Gasteiger partial charge is 0.0111 e. The van der Waals surface area contributed by atoms with Crippen LogP contribution in [0.15, 0.2) is 12.7 Å². The average Bonchev–Trinajstić information content (AvgIpc) is 2.00. The minimum absolute atomic E-state index is 0.995. The monoisotopic (exact) mass is 185 g/mol. The summed E-state index contributed by atoms with van der Waals surface area (Å²) in [6, 6.07) is 0. The fourth-order valence-corrected chi connectivity index (χ4v) is 1.94. The molecular weight excluding hydrogens is 166 g/mol. The summed E-state index contributed by atoms with van der Waals surface area (Å²) in [5.74, 6) is 3.30. The fraction of sp³-hybridized carbons (Fsp3) is 0.800. The highest BCUT2D eigenvalue weighted by Gasteiger charge is 2.15. The molecule has 1 fully saturated rings. The SMILES string of the molecule is C=CCSCCNCC1CCC1. The van der Waals surface area contributed by atoms with Gasteiger partial charge in [0.2, 0.25) is 0 Å². The molecule has 0 aliphatic heterocycles. The summed E-state index contributed by atoms with van der Waals surface area (Å²) in [4.78, 5) is 0. The van der Waals surface area contributed by atoms with Crippen LogP contribution in [0.1, 0.15) is 19.3 Å². The van der Waals surface area contributed by atoms with Gasteiger partial charge in [-0.1, -0.05) is 12.5 Å². The molecular formula is C10H19NS. The highest BCUT2D eigenvalue weighted by Crippen LogP contribution is 2.24. The van der Waals surface area contributed by atoms with Gasteiger partial charge in [-0.25, -0.2) is 0 Å². The Kier molecular flexibility index (Phi) is 5.53. The topological polar surface area (TPSA) is 12.0 Å². The lowest BCUT2D eigenvalue weighted by Gasteiger charge is -2.25. The number of thioether (sulfide) groups is 1. The minimum Gasteiger partial charge on any atom is -0.316 e. The summed E-state index contributed by atoms with van der Waals surface area (Å²) >= 11 is 1.95. The Balaban J connectivity index is 1.73. The molecule has 0 aromatic carbocycles. The summed E-state index contributed by atoms with van der Waals surface area (Å²) in [6.07, 6.45) is 6.33. The first kappa shape index (κ1) is 10.1. The van der Waals surface area contributed by atoms with Crippen molar-refractivity contribution in [1.29, 1.82) is 0 Å². The Morgan fingerprint density at radius 3 is 2.92 bits per heavy atom. The maximum atomic E-state index is 3.69. The second-order valence-corrected chi connectivity index (χ2v) is 4.51. The van der Waals surface area contributed by atoms with Gasteiger partial charge in [0.1, 0.15) is 0 Å². The third kappa shape index (κ3) is 4.17. The summed E-state index contributed by atoms with van der Waals surface area (Å²) in [7, 11) is 0. The molecule has 1 saturated carbocycles. The van der Waals surface area contributed by atoms with Crippen LogP contribution in [0.2, 0.25) is 0 Å². The number of rotatable bonds is 7. The van der Waals surface area contributed by atoms with E-state index in [1.54, 1.807) is 0 Å². The van der Waals surface area contributed by atoms with E-state index >= 15 is 0 Å². The van der Waals surface area contributed by atoms with E-state index < -0.39 is 0 Å². The third-order valence-electron chi connectivity index (χ3n) is 2.32. The molecule has 1 N–H and O–H groups in total. The number of nitrogens with one attached hydrogen (secondary N) is 1. The number of hydrogen-bond acceptors (Lipinski definition) is 2. The molecule has 1 aliphatic carbocycles. The molecule has 0 spiro atoms. The maximum absolute atomic E-state index is 3.69. The summed E-state index contributed by atoms with van der Waals surface area (Å²) < 4.78 is 0. The first-order valence-electron chi connectivity index (χ1n) is 4.83. The van der Waals surface area contributed by atoms with Crippen molar-refractivity contribution in [3.8, 4) is 0 Å². The first-order chi connectivity index (χ1) is 5.93. The van der Waals surface area contributed by atoms with Gasteiger partial charge in [-0.3, -0.25) is 0 Å². The van der Waals surface area contributed by atoms with Crippen molar-refractivity contribution < 1.29 is 0 Å². The zero-order valence-corrected chi connectivity index (χ0v) is 8.54. The van der Waals surface area contributed by atoms with Gasteiger partial charge in [-0.2, -0.15) is 11.8 Å². The molecule has 0 radical (unpaired) electrons. The van der Waals surface area contributed by atoms with Crippen LogP contribution in [-0.2, 0) is 0 Å². The zero-order chi connectivity index (χ0) is 8.65. The maximum Gasteiger partial charge on any atom is 0.0111 e. The lowest BCUT2D eigenvalue weighted by molar-refractivity contribution is 0.304. The van der Waals surface area contributed by atoms with Crippen molar-refractivity contribution >= 4 is 11.8 Å². The molecule has 0 unspecified atom stereocenters. The minimum atomic E-state index is 0.995. The number of hydrogen-bond donors (Lipinski definition) is 1. The third-order valence-corrected chi connectivity index (χ3v) is 3.28. The highest BCUT2D eigenvalue weighted by atomic mass is 32.2. The van der Waals surface area contributed by atoms with E-state index in [9.17, 15) is 0 Å². The van der Waals surface area contributed by atoms with Crippen LogP contribution in [0.5, 0.6) is 0 Å². The zero-order valence-electron chi connectivity index (χ0n) is 7.72. The molecule has 0 bridgehead atoms. The van der Waals surface area contributed by atoms with Crippen LogP contribution >= 0.6 is 11.8 Å². The molecule has 1 aliphatic rings. The van der Waals surface area contributed by atoms with Gasteiger partial charge >= 0.3 is 0 Å². The molecule has 0 atom stereocenters. The van der Waals surface area contributed by atoms with E-state index in [0.717, 1.165) is 18.2 Å². The van der Waals surface area contributed by atoms with Crippen LogP contribution in [-0.4, -0.2) is 24.6 Å². The summed E-state index contributed by atoms with van der Waals surface area (Å²) in [6.45, 7) is 6.09. The molecule has 0 amide bonds. The van der Waals surface area contributed by atoms with Crippen LogP contribution < -0.4 is 5.32 Å². The van der Waals surface area contributed by atoms with Gasteiger partial charge in [0, 0.05) is 18.1 Å². The Labute approximate surface area is 80.0 Å². The van der Waals surface area contributed by atoms with Gasteiger partial charge in [0.25, 0.3) is 0 Å². The largest absolute Gasteiger partial charge is 0.316 e. The van der Waals surface area contributed by atoms with Crippen molar-refractivity contribution in [1.82, 2.24) is 5.32 Å². The predicted octanol–water partition coefficient (Wildman–Crippen LogP) is 2.30. The van der Waals surface area contributed by atoms with Gasteiger partial charge in [-0.05, 0) is 25.3 Å². The molecule has 0 heterocycles. The fourth-order valence-electron chi connectivity index (χ4n) is 1.31. The normalized spacial score (nSPS) is 17.3. The predicted molar refractivity (Wildman–Crippen MR) is 57.7 cm³/mol. The molecule has 1 rings (SSSR count). The standard InChI is InChI=1S/C10H19NS/c1-2-7-12-8-6-11-9-10-4-3-5-10/h2,10-11H,1,3-9H2. The Hall–Kier alpha value is 0.0500. The van der Waals surface area contributed by atoms with Gasteiger partial charge in [0.05, 0.1) is 0 Å². The quantitative estimate of drug-likeness (QED) is 0.482. The molecule has 12 heavy (non-hydrogen) atoms. The van der Waals surface area contributed by atoms with Gasteiger partial charge < -0.3 is 5.32 Å². The molecule has 0 saturated heterocycles. The summed E-state index contributed by atoms with van der Waals surface area (Å²) in [5, 5.41) is 3.49. The lowest BCUT2D eigenvalue weighted by atomic mass is 9.85. The van der Waals surface area contributed by atoms with E-state index in [-0.39, 0.29) is 0 Å². The molecule has 0 aromatic heterocycles. The second-order valence-electron chi connectivity index (χ2n) is 3.36. The molecule has 2 heteroatoms. The van der Waals surface area contributed by atoms with Crippen molar-refractivity contribution in [3.05, 3.63) is 12.7 Å². The van der Waals surface area contributed by atoms with Crippen LogP contribution in [0, 0.1) is 5.92 Å². The van der Waals surface area contributed by atoms with Crippen LogP contribution in [0.4, 0.5) is 0 Å². The van der Waals surface area contributed by atoms with E-state index in [2.05, 4.69) is 11.9 Å². The van der Waals surface area contributed by atoms with E-state index in [1.807, 2.05) is 17.8 Å². The highest BCUT2D eigenvalue weighted by molar-refractivity contribution is 7.99. The van der Waals surface area contributed by atoms with Crippen molar-refractivity contribution in [3.63, 3.8) is 0 Å². The van der Waals surface area contributed by atoms with Crippen molar-refractivity contribution in [2.24, 2.45) is 5.92 Å². The van der Waals surface area contributed by atoms with E-state index in [0.29, 0.717) is 0 Å². The van der Waals surface area contributed by atoms with Gasteiger partial charge in [-0.15, -0.1) is 6.58 Å². The van der Waals surface area contributed by atoms with Crippen LogP contribution in [0.3, 0.4) is 0 Å². The van der Waals surface area contributed by atoms with Crippen molar-refractivity contribution in [2.45, 2.75) is 19.3 Å². The van der Waals surface area contributed by atoms with Gasteiger partial charge in [0.15, 0.2) is 0 Å². The first-order valence-corrected chi connectivity index (χ1v) is 5.98.